The molecule has 0 radical (unpaired) electrons. The van der Waals surface area contributed by atoms with Crippen LogP contribution in [0.2, 0.25) is 0 Å². The molecule has 1 aliphatic rings. The average Bonchev–Trinajstić information content (AvgIpc) is 3.03. The molecule has 6 heteroatoms. The Morgan fingerprint density at radius 1 is 1.16 bits per heavy atom. The number of hydrogen-bond donors (Lipinski definition) is 0. The monoisotopic (exact) mass is 343 g/mol. The number of piperazine rings is 1. The highest BCUT2D eigenvalue weighted by molar-refractivity contribution is 5.93. The van der Waals surface area contributed by atoms with Crippen LogP contribution in [-0.2, 0) is 0 Å². The average molecular weight is 343 g/mol. The first-order valence-electron chi connectivity index (χ1n) is 8.65. The van der Waals surface area contributed by atoms with E-state index in [4.69, 9.17) is 9.15 Å². The molecular weight excluding hydrogens is 318 g/mol. The predicted octanol–water partition coefficient (Wildman–Crippen LogP) is 3.08. The number of methoxy groups -OCH3 is 1. The third-order valence-corrected chi connectivity index (χ3v) is 4.51. The molecule has 6 nitrogen and oxygen atoms in total. The fraction of sp³-hybridized carbons (Fsp3) is 0.474. The van der Waals surface area contributed by atoms with Gasteiger partial charge in [0.15, 0.2) is 5.89 Å². The molecule has 0 saturated carbocycles. The maximum Gasteiger partial charge on any atom is 0.291 e. The number of benzene rings is 1. The number of nitrogens with zero attached hydrogens (tertiary/aromatic N) is 3. The van der Waals surface area contributed by atoms with Crippen LogP contribution in [0.1, 0.15) is 41.9 Å². The van der Waals surface area contributed by atoms with E-state index < -0.39 is 0 Å². The molecule has 0 spiro atoms. The van der Waals surface area contributed by atoms with E-state index in [-0.39, 0.29) is 11.8 Å². The number of anilines is 1. The zero-order valence-electron chi connectivity index (χ0n) is 15.3. The molecule has 2 aromatic rings. The number of ether oxygens (including phenoxy) is 1. The zero-order valence-corrected chi connectivity index (χ0v) is 15.3. The predicted molar refractivity (Wildman–Crippen MR) is 96.4 cm³/mol. The molecule has 1 fully saturated rings. The molecule has 0 aliphatic carbocycles. The lowest BCUT2D eigenvalue weighted by Crippen LogP contribution is -2.48. The van der Waals surface area contributed by atoms with Gasteiger partial charge < -0.3 is 19.0 Å². The third-order valence-electron chi connectivity index (χ3n) is 4.51. The molecule has 1 amide bonds. The van der Waals surface area contributed by atoms with Gasteiger partial charge >= 0.3 is 0 Å². The number of amides is 1. The standard InChI is InChI=1S/C19H25N3O3/c1-13(2)17-18(25-14(3)20-17)19(23)22-11-9-21(10-12-22)15-5-7-16(24-4)8-6-15/h5-8,13H,9-12H2,1-4H3. The van der Waals surface area contributed by atoms with Crippen molar-refractivity contribution in [1.29, 1.82) is 0 Å². The van der Waals surface area contributed by atoms with Gasteiger partial charge in [-0.15, -0.1) is 0 Å². The molecule has 1 saturated heterocycles. The Balaban J connectivity index is 1.66. The quantitative estimate of drug-likeness (QED) is 0.854. The van der Waals surface area contributed by atoms with Gasteiger partial charge in [0.25, 0.3) is 5.91 Å². The highest BCUT2D eigenvalue weighted by Crippen LogP contribution is 2.24. The van der Waals surface area contributed by atoms with Crippen LogP contribution in [0.25, 0.3) is 0 Å². The van der Waals surface area contributed by atoms with Crippen LogP contribution >= 0.6 is 0 Å². The van der Waals surface area contributed by atoms with Crippen LogP contribution in [0, 0.1) is 6.92 Å². The minimum Gasteiger partial charge on any atom is -0.497 e. The first-order chi connectivity index (χ1) is 12.0. The normalized spacial score (nSPS) is 14.9. The Kier molecular flexibility index (Phi) is 4.97. The molecule has 2 heterocycles. The molecule has 1 aliphatic heterocycles. The molecule has 134 valence electrons. The van der Waals surface area contributed by atoms with Crippen LogP contribution in [-0.4, -0.2) is 49.1 Å². The molecular formula is C19H25N3O3. The summed E-state index contributed by atoms with van der Waals surface area (Å²) in [6.45, 7) is 8.75. The van der Waals surface area contributed by atoms with Gasteiger partial charge in [0.2, 0.25) is 5.76 Å². The van der Waals surface area contributed by atoms with Crippen molar-refractivity contribution in [3.63, 3.8) is 0 Å². The van der Waals surface area contributed by atoms with Gasteiger partial charge in [0, 0.05) is 38.8 Å². The summed E-state index contributed by atoms with van der Waals surface area (Å²) in [6.07, 6.45) is 0. The van der Waals surface area contributed by atoms with E-state index in [1.807, 2.05) is 43.0 Å². The number of carbonyl (C=O) groups excluding carboxylic acids is 1. The smallest absolute Gasteiger partial charge is 0.291 e. The fourth-order valence-electron chi connectivity index (χ4n) is 3.09. The minimum atomic E-state index is -0.0568. The second kappa shape index (κ2) is 7.17. The summed E-state index contributed by atoms with van der Waals surface area (Å²) in [7, 11) is 1.66. The summed E-state index contributed by atoms with van der Waals surface area (Å²) in [5, 5.41) is 0. The first kappa shape index (κ1) is 17.3. The number of aryl methyl sites for hydroxylation is 1. The topological polar surface area (TPSA) is 58.8 Å². The lowest BCUT2D eigenvalue weighted by Gasteiger charge is -2.35. The first-order valence-corrected chi connectivity index (χ1v) is 8.65. The Hall–Kier alpha value is -2.50. The maximum atomic E-state index is 12.8. The number of oxazole rings is 1. The van der Waals surface area contributed by atoms with Gasteiger partial charge in [0.1, 0.15) is 5.75 Å². The summed E-state index contributed by atoms with van der Waals surface area (Å²) in [5.74, 6) is 1.89. The van der Waals surface area contributed by atoms with E-state index in [1.165, 1.54) is 0 Å². The van der Waals surface area contributed by atoms with E-state index >= 15 is 0 Å². The fourth-order valence-corrected chi connectivity index (χ4v) is 3.09. The van der Waals surface area contributed by atoms with Gasteiger partial charge in [-0.05, 0) is 30.2 Å². The van der Waals surface area contributed by atoms with Gasteiger partial charge in [-0.2, -0.15) is 0 Å². The minimum absolute atomic E-state index is 0.0568. The van der Waals surface area contributed by atoms with E-state index in [2.05, 4.69) is 9.88 Å². The molecule has 25 heavy (non-hydrogen) atoms. The maximum absolute atomic E-state index is 12.8. The van der Waals surface area contributed by atoms with Crippen molar-refractivity contribution < 1.29 is 13.9 Å². The largest absolute Gasteiger partial charge is 0.497 e. The van der Waals surface area contributed by atoms with Crippen molar-refractivity contribution >= 4 is 11.6 Å². The second-order valence-electron chi connectivity index (χ2n) is 6.58. The van der Waals surface area contributed by atoms with E-state index in [0.717, 1.165) is 30.2 Å². The lowest BCUT2D eigenvalue weighted by molar-refractivity contribution is 0.0711. The van der Waals surface area contributed by atoms with E-state index in [0.29, 0.717) is 24.7 Å². The second-order valence-corrected chi connectivity index (χ2v) is 6.58. The molecule has 3 rings (SSSR count). The van der Waals surface area contributed by atoms with Crippen molar-refractivity contribution in [3.05, 3.63) is 41.6 Å². The van der Waals surface area contributed by atoms with Gasteiger partial charge in [0.05, 0.1) is 12.8 Å². The van der Waals surface area contributed by atoms with Gasteiger partial charge in [-0.1, -0.05) is 13.8 Å². The van der Waals surface area contributed by atoms with Crippen LogP contribution in [0.3, 0.4) is 0 Å². The lowest BCUT2D eigenvalue weighted by atomic mass is 10.1. The van der Waals surface area contributed by atoms with Crippen molar-refractivity contribution in [2.45, 2.75) is 26.7 Å². The molecule has 1 aromatic heterocycles. The summed E-state index contributed by atoms with van der Waals surface area (Å²) >= 11 is 0. The molecule has 0 bridgehead atoms. The summed E-state index contributed by atoms with van der Waals surface area (Å²) in [4.78, 5) is 21.3. The van der Waals surface area contributed by atoms with E-state index in [9.17, 15) is 4.79 Å². The molecule has 0 atom stereocenters. The van der Waals surface area contributed by atoms with Crippen molar-refractivity contribution in [2.24, 2.45) is 0 Å². The number of aromatic nitrogens is 1. The number of hydrogen-bond acceptors (Lipinski definition) is 5. The molecule has 1 aromatic carbocycles. The van der Waals surface area contributed by atoms with Gasteiger partial charge in [-0.25, -0.2) is 4.98 Å². The third kappa shape index (κ3) is 3.62. The highest BCUT2D eigenvalue weighted by Gasteiger charge is 2.28. The van der Waals surface area contributed by atoms with Crippen molar-refractivity contribution in [2.75, 3.05) is 38.2 Å². The Morgan fingerprint density at radius 3 is 2.36 bits per heavy atom. The molecule has 0 unspecified atom stereocenters. The molecule has 0 N–H and O–H groups in total. The van der Waals surface area contributed by atoms with Crippen LogP contribution < -0.4 is 9.64 Å². The summed E-state index contributed by atoms with van der Waals surface area (Å²) in [6, 6.07) is 8.01. The van der Waals surface area contributed by atoms with Crippen LogP contribution in [0.4, 0.5) is 5.69 Å². The van der Waals surface area contributed by atoms with Crippen LogP contribution in [0.5, 0.6) is 5.75 Å². The Labute approximate surface area is 148 Å². The zero-order chi connectivity index (χ0) is 18.0. The Morgan fingerprint density at radius 2 is 1.80 bits per heavy atom. The number of rotatable bonds is 4. The van der Waals surface area contributed by atoms with Gasteiger partial charge in [-0.3, -0.25) is 4.79 Å². The summed E-state index contributed by atoms with van der Waals surface area (Å²) in [5.41, 5.74) is 1.89. The van der Waals surface area contributed by atoms with Crippen molar-refractivity contribution in [1.82, 2.24) is 9.88 Å². The summed E-state index contributed by atoms with van der Waals surface area (Å²) < 4.78 is 10.8. The Bertz CT molecular complexity index is 729. The van der Waals surface area contributed by atoms with Crippen molar-refractivity contribution in [3.8, 4) is 5.75 Å². The highest BCUT2D eigenvalue weighted by atomic mass is 16.5. The van der Waals surface area contributed by atoms with Crippen LogP contribution in [0.15, 0.2) is 28.7 Å². The SMILES string of the molecule is COc1ccc(N2CCN(C(=O)c3oc(C)nc3C(C)C)CC2)cc1. The van der Waals surface area contributed by atoms with E-state index in [1.54, 1.807) is 14.0 Å². The number of carbonyl (C=O) groups is 1.